The van der Waals surface area contributed by atoms with E-state index in [1.807, 2.05) is 19.1 Å². The fourth-order valence-electron chi connectivity index (χ4n) is 2.30. The van der Waals surface area contributed by atoms with Crippen molar-refractivity contribution >= 4 is 11.5 Å². The summed E-state index contributed by atoms with van der Waals surface area (Å²) in [4.78, 5) is 6.66. The van der Waals surface area contributed by atoms with Gasteiger partial charge in [0.15, 0.2) is 0 Å². The second-order valence-electron chi connectivity index (χ2n) is 4.43. The summed E-state index contributed by atoms with van der Waals surface area (Å²) in [6.45, 7) is 4.68. The Hall–Kier alpha value is -1.49. The molecule has 18 heavy (non-hydrogen) atoms. The molecule has 2 rings (SSSR count). The Labute approximate surface area is 108 Å². The van der Waals surface area contributed by atoms with E-state index < -0.39 is 0 Å². The molecule has 1 aliphatic heterocycles. The van der Waals surface area contributed by atoms with Gasteiger partial charge >= 0.3 is 0 Å². The smallest absolute Gasteiger partial charge is 0.238 e. The fraction of sp³-hybridized carbons (Fsp3) is 0.615. The number of rotatable bonds is 4. The van der Waals surface area contributed by atoms with Gasteiger partial charge in [0.05, 0.1) is 18.9 Å². The van der Waals surface area contributed by atoms with Crippen molar-refractivity contribution in [2.75, 3.05) is 37.4 Å². The first-order valence-corrected chi connectivity index (χ1v) is 6.41. The van der Waals surface area contributed by atoms with Gasteiger partial charge in [-0.05, 0) is 31.9 Å². The van der Waals surface area contributed by atoms with Crippen LogP contribution in [0.25, 0.3) is 0 Å². The first-order valence-electron chi connectivity index (χ1n) is 6.41. The Kier molecular flexibility index (Phi) is 4.25. The molecule has 1 atom stereocenters. The lowest BCUT2D eigenvalue weighted by molar-refractivity contribution is 0.0525. The number of ether oxygens (including phenoxy) is 2. The van der Waals surface area contributed by atoms with Gasteiger partial charge in [0.25, 0.3) is 0 Å². The zero-order valence-corrected chi connectivity index (χ0v) is 11.1. The fourth-order valence-corrected chi connectivity index (χ4v) is 2.30. The van der Waals surface area contributed by atoms with Crippen LogP contribution >= 0.6 is 0 Å². The highest BCUT2D eigenvalue weighted by Gasteiger charge is 2.21. The third-order valence-electron chi connectivity index (χ3n) is 3.17. The number of aromatic nitrogens is 1. The molecule has 5 heteroatoms. The summed E-state index contributed by atoms with van der Waals surface area (Å²) in [7, 11) is 1.58. The lowest BCUT2D eigenvalue weighted by Crippen LogP contribution is -2.40. The SMILES string of the molecule is CCOC1CCCN(c2ccc(N)c(OC)n2)C1. The topological polar surface area (TPSA) is 60.6 Å². The van der Waals surface area contributed by atoms with E-state index in [9.17, 15) is 0 Å². The first kappa shape index (κ1) is 13.0. The molecule has 1 aromatic heterocycles. The summed E-state index contributed by atoms with van der Waals surface area (Å²) in [5.74, 6) is 1.40. The summed E-state index contributed by atoms with van der Waals surface area (Å²) < 4.78 is 10.8. The summed E-state index contributed by atoms with van der Waals surface area (Å²) in [6, 6.07) is 3.78. The van der Waals surface area contributed by atoms with Gasteiger partial charge in [-0.25, -0.2) is 0 Å². The molecule has 0 radical (unpaired) electrons. The second-order valence-corrected chi connectivity index (χ2v) is 4.43. The molecule has 0 aromatic carbocycles. The number of piperidine rings is 1. The molecule has 2 N–H and O–H groups in total. The average molecular weight is 251 g/mol. The van der Waals surface area contributed by atoms with Gasteiger partial charge in [0.2, 0.25) is 5.88 Å². The summed E-state index contributed by atoms with van der Waals surface area (Å²) in [5.41, 5.74) is 6.34. The molecule has 1 aromatic rings. The van der Waals surface area contributed by atoms with Crippen LogP contribution in [-0.4, -0.2) is 37.9 Å². The molecule has 0 bridgehead atoms. The predicted octanol–water partition coefficient (Wildman–Crippen LogP) is 1.68. The highest BCUT2D eigenvalue weighted by molar-refractivity contribution is 5.54. The molecule has 1 fully saturated rings. The Morgan fingerprint density at radius 1 is 1.50 bits per heavy atom. The quantitative estimate of drug-likeness (QED) is 0.882. The van der Waals surface area contributed by atoms with Gasteiger partial charge in [-0.1, -0.05) is 0 Å². The van der Waals surface area contributed by atoms with Crippen molar-refractivity contribution in [2.24, 2.45) is 0 Å². The number of methoxy groups -OCH3 is 1. The average Bonchev–Trinajstić information content (AvgIpc) is 2.40. The predicted molar refractivity (Wildman–Crippen MR) is 72.1 cm³/mol. The monoisotopic (exact) mass is 251 g/mol. The number of nitrogens with zero attached hydrogens (tertiary/aromatic N) is 2. The van der Waals surface area contributed by atoms with Crippen molar-refractivity contribution < 1.29 is 9.47 Å². The molecule has 100 valence electrons. The molecule has 0 amide bonds. The molecule has 1 unspecified atom stereocenters. The molecule has 1 aliphatic rings. The van der Waals surface area contributed by atoms with E-state index >= 15 is 0 Å². The Balaban J connectivity index is 2.10. The number of nitrogen functional groups attached to an aromatic ring is 1. The minimum Gasteiger partial charge on any atom is -0.479 e. The Bertz CT molecular complexity index is 396. The van der Waals surface area contributed by atoms with Crippen LogP contribution in [0.2, 0.25) is 0 Å². The third-order valence-corrected chi connectivity index (χ3v) is 3.17. The Morgan fingerprint density at radius 3 is 3.06 bits per heavy atom. The van der Waals surface area contributed by atoms with Crippen LogP contribution in [-0.2, 0) is 4.74 Å². The maximum Gasteiger partial charge on any atom is 0.238 e. The van der Waals surface area contributed by atoms with Gasteiger partial charge in [-0.15, -0.1) is 0 Å². The number of hydrogen-bond donors (Lipinski definition) is 1. The molecule has 1 saturated heterocycles. The van der Waals surface area contributed by atoms with Crippen molar-refractivity contribution in [2.45, 2.75) is 25.9 Å². The largest absolute Gasteiger partial charge is 0.479 e. The van der Waals surface area contributed by atoms with Crippen molar-refractivity contribution in [1.82, 2.24) is 4.98 Å². The van der Waals surface area contributed by atoms with E-state index in [1.165, 1.54) is 0 Å². The lowest BCUT2D eigenvalue weighted by Gasteiger charge is -2.33. The van der Waals surface area contributed by atoms with Crippen molar-refractivity contribution in [3.05, 3.63) is 12.1 Å². The zero-order valence-electron chi connectivity index (χ0n) is 11.1. The highest BCUT2D eigenvalue weighted by Crippen LogP contribution is 2.25. The van der Waals surface area contributed by atoms with Gasteiger partial charge < -0.3 is 20.1 Å². The van der Waals surface area contributed by atoms with E-state index in [4.69, 9.17) is 15.2 Å². The van der Waals surface area contributed by atoms with Gasteiger partial charge in [0, 0.05) is 19.7 Å². The summed E-state index contributed by atoms with van der Waals surface area (Å²) in [6.07, 6.45) is 2.55. The number of hydrogen-bond acceptors (Lipinski definition) is 5. The summed E-state index contributed by atoms with van der Waals surface area (Å²) in [5, 5.41) is 0. The maximum atomic E-state index is 5.77. The molecule has 0 saturated carbocycles. The lowest BCUT2D eigenvalue weighted by atomic mass is 10.1. The van der Waals surface area contributed by atoms with E-state index in [0.717, 1.165) is 38.4 Å². The third kappa shape index (κ3) is 2.85. The van der Waals surface area contributed by atoms with E-state index in [2.05, 4.69) is 9.88 Å². The van der Waals surface area contributed by atoms with Crippen LogP contribution < -0.4 is 15.4 Å². The maximum absolute atomic E-state index is 5.77. The van der Waals surface area contributed by atoms with Gasteiger partial charge in [-0.3, -0.25) is 0 Å². The number of nitrogens with two attached hydrogens (primary N) is 1. The van der Waals surface area contributed by atoms with Crippen LogP contribution in [0.15, 0.2) is 12.1 Å². The van der Waals surface area contributed by atoms with Crippen LogP contribution in [0.3, 0.4) is 0 Å². The van der Waals surface area contributed by atoms with Crippen LogP contribution in [0.1, 0.15) is 19.8 Å². The molecular formula is C13H21N3O2. The van der Waals surface area contributed by atoms with Gasteiger partial charge in [-0.2, -0.15) is 4.98 Å². The van der Waals surface area contributed by atoms with Crippen LogP contribution in [0, 0.1) is 0 Å². The number of anilines is 2. The molecule has 5 nitrogen and oxygen atoms in total. The van der Waals surface area contributed by atoms with Crippen molar-refractivity contribution in [1.29, 1.82) is 0 Å². The highest BCUT2D eigenvalue weighted by atomic mass is 16.5. The molecular weight excluding hydrogens is 230 g/mol. The molecule has 2 heterocycles. The van der Waals surface area contributed by atoms with E-state index in [-0.39, 0.29) is 0 Å². The number of pyridine rings is 1. The molecule has 0 aliphatic carbocycles. The van der Waals surface area contributed by atoms with Crippen LogP contribution in [0.4, 0.5) is 11.5 Å². The standard InChI is InChI=1S/C13H21N3O2/c1-3-18-10-5-4-8-16(9-10)12-7-6-11(14)13(15-12)17-2/h6-7,10H,3-5,8-9,14H2,1-2H3. The molecule has 0 spiro atoms. The first-order chi connectivity index (χ1) is 8.74. The van der Waals surface area contributed by atoms with E-state index in [1.54, 1.807) is 7.11 Å². The van der Waals surface area contributed by atoms with Crippen LogP contribution in [0.5, 0.6) is 5.88 Å². The zero-order chi connectivity index (χ0) is 13.0. The van der Waals surface area contributed by atoms with Gasteiger partial charge in [0.1, 0.15) is 5.82 Å². The minimum atomic E-state index is 0.300. The van der Waals surface area contributed by atoms with E-state index in [0.29, 0.717) is 17.7 Å². The van der Waals surface area contributed by atoms with Crippen molar-refractivity contribution in [3.8, 4) is 5.88 Å². The normalized spacial score (nSPS) is 19.9. The Morgan fingerprint density at radius 2 is 2.33 bits per heavy atom. The second kappa shape index (κ2) is 5.91. The summed E-state index contributed by atoms with van der Waals surface area (Å²) >= 11 is 0. The minimum absolute atomic E-state index is 0.300. The van der Waals surface area contributed by atoms with Crippen molar-refractivity contribution in [3.63, 3.8) is 0 Å².